The minimum Gasteiger partial charge on any atom is -0.497 e. The molecule has 43 heavy (non-hydrogen) atoms. The normalized spacial score (nSPS) is 11.8. The van der Waals surface area contributed by atoms with Gasteiger partial charge in [-0.2, -0.15) is 0 Å². The molecule has 0 aliphatic heterocycles. The molecular weight excluding hydrogens is 654 g/mol. The molecule has 0 aliphatic rings. The summed E-state index contributed by atoms with van der Waals surface area (Å²) in [6.45, 7) is -0.514. The quantitative estimate of drug-likeness (QED) is 0.207. The number of carbonyl (C=O) groups is 2. The summed E-state index contributed by atoms with van der Waals surface area (Å²) in [7, 11) is -1.26. The van der Waals surface area contributed by atoms with Crippen molar-refractivity contribution in [2.24, 2.45) is 0 Å². The van der Waals surface area contributed by atoms with Crippen molar-refractivity contribution >= 4 is 55.1 Å². The van der Waals surface area contributed by atoms with Crippen molar-refractivity contribution in [3.63, 3.8) is 0 Å². The highest BCUT2D eigenvalue weighted by atomic mass is 79.9. The second kappa shape index (κ2) is 14.5. The number of rotatable bonds is 12. The van der Waals surface area contributed by atoms with Gasteiger partial charge in [-0.1, -0.05) is 76.1 Å². The Kier molecular flexibility index (Phi) is 10.8. The Hall–Kier alpha value is -3.86. The zero-order valence-electron chi connectivity index (χ0n) is 23.6. The van der Waals surface area contributed by atoms with Gasteiger partial charge in [0.05, 0.1) is 17.7 Å². The number of halogens is 2. The third-order valence-electron chi connectivity index (χ3n) is 6.78. The summed E-state index contributed by atoms with van der Waals surface area (Å²) in [6.07, 6.45) is 0.225. The molecule has 0 bridgehead atoms. The zero-order chi connectivity index (χ0) is 31.0. The first-order valence-electron chi connectivity index (χ1n) is 13.3. The van der Waals surface area contributed by atoms with Crippen LogP contribution in [0.1, 0.15) is 11.1 Å². The number of benzene rings is 4. The minimum atomic E-state index is -4.25. The van der Waals surface area contributed by atoms with Crippen molar-refractivity contribution in [3.05, 3.63) is 124 Å². The van der Waals surface area contributed by atoms with Gasteiger partial charge in [0.15, 0.2) is 0 Å². The van der Waals surface area contributed by atoms with Gasteiger partial charge in [0.1, 0.15) is 18.3 Å². The minimum absolute atomic E-state index is 0.0354. The van der Waals surface area contributed by atoms with Gasteiger partial charge in [0.25, 0.3) is 10.0 Å². The SMILES string of the molecule is CNC(=O)[C@@H](Cc1ccccc1)N(Cc1cccc(Br)c1)C(=O)CN(c1cccc(Cl)c1)S(=O)(=O)c1ccc(OC)cc1. The van der Waals surface area contributed by atoms with Gasteiger partial charge in [-0.05, 0) is 65.7 Å². The van der Waals surface area contributed by atoms with E-state index in [2.05, 4.69) is 21.2 Å². The topological polar surface area (TPSA) is 96.0 Å². The van der Waals surface area contributed by atoms with Crippen molar-refractivity contribution in [2.45, 2.75) is 23.9 Å². The lowest BCUT2D eigenvalue weighted by atomic mass is 10.0. The number of carbonyl (C=O) groups excluding carboxylic acids is 2. The van der Waals surface area contributed by atoms with E-state index in [9.17, 15) is 18.0 Å². The monoisotopic (exact) mass is 683 g/mol. The third kappa shape index (κ3) is 8.16. The molecule has 0 aromatic heterocycles. The lowest BCUT2D eigenvalue weighted by Gasteiger charge is -2.33. The largest absolute Gasteiger partial charge is 0.497 e. The Morgan fingerprint density at radius 1 is 0.907 bits per heavy atom. The lowest BCUT2D eigenvalue weighted by Crippen LogP contribution is -2.53. The summed E-state index contributed by atoms with van der Waals surface area (Å²) in [6, 6.07) is 28.0. The van der Waals surface area contributed by atoms with Gasteiger partial charge in [-0.15, -0.1) is 0 Å². The highest BCUT2D eigenvalue weighted by Gasteiger charge is 2.34. The second-order valence-corrected chi connectivity index (χ2v) is 12.9. The van der Waals surface area contributed by atoms with E-state index in [1.807, 2.05) is 54.6 Å². The molecule has 0 aliphatic carbocycles. The van der Waals surface area contributed by atoms with Gasteiger partial charge in [0.2, 0.25) is 11.8 Å². The average molecular weight is 685 g/mol. The molecule has 0 spiro atoms. The Bertz CT molecular complexity index is 1670. The molecule has 0 saturated carbocycles. The van der Waals surface area contributed by atoms with Crippen LogP contribution in [0.25, 0.3) is 0 Å². The number of nitrogens with one attached hydrogen (secondary N) is 1. The van der Waals surface area contributed by atoms with Gasteiger partial charge in [-0.25, -0.2) is 8.42 Å². The van der Waals surface area contributed by atoms with E-state index in [1.165, 1.54) is 49.4 Å². The molecule has 1 atom stereocenters. The fourth-order valence-corrected chi connectivity index (χ4v) is 6.62. The highest BCUT2D eigenvalue weighted by molar-refractivity contribution is 9.10. The zero-order valence-corrected chi connectivity index (χ0v) is 26.8. The first-order valence-corrected chi connectivity index (χ1v) is 15.9. The van der Waals surface area contributed by atoms with Crippen molar-refractivity contribution in [2.75, 3.05) is 25.0 Å². The molecule has 0 fully saturated rings. The standard InChI is InChI=1S/C32H31BrClN3O5S/c1-35-32(39)30(19-23-8-4-3-5-9-23)36(21-24-10-6-11-25(33)18-24)31(38)22-37(27-13-7-12-26(34)20-27)43(40,41)29-16-14-28(42-2)15-17-29/h3-18,20,30H,19,21-22H2,1-2H3,(H,35,39)/t30-/m1/s1. The molecule has 0 saturated heterocycles. The second-order valence-electron chi connectivity index (χ2n) is 9.64. The third-order valence-corrected chi connectivity index (χ3v) is 9.30. The van der Waals surface area contributed by atoms with Crippen LogP contribution in [0.15, 0.2) is 112 Å². The van der Waals surface area contributed by atoms with Crippen molar-refractivity contribution in [1.29, 1.82) is 0 Å². The maximum Gasteiger partial charge on any atom is 0.264 e. The Morgan fingerprint density at radius 2 is 1.58 bits per heavy atom. The van der Waals surface area contributed by atoms with Crippen LogP contribution in [-0.2, 0) is 32.6 Å². The van der Waals surface area contributed by atoms with Crippen LogP contribution in [0.4, 0.5) is 5.69 Å². The van der Waals surface area contributed by atoms with E-state index < -0.39 is 28.5 Å². The summed E-state index contributed by atoms with van der Waals surface area (Å²) in [5, 5.41) is 2.98. The van der Waals surface area contributed by atoms with E-state index in [0.717, 1.165) is 19.9 Å². The van der Waals surface area contributed by atoms with Crippen molar-refractivity contribution in [3.8, 4) is 5.75 Å². The number of hydrogen-bond donors (Lipinski definition) is 1. The molecule has 4 aromatic rings. The number of amides is 2. The van der Waals surface area contributed by atoms with E-state index in [1.54, 1.807) is 18.2 Å². The summed E-state index contributed by atoms with van der Waals surface area (Å²) in [5.74, 6) is -0.458. The van der Waals surface area contributed by atoms with Crippen LogP contribution < -0.4 is 14.4 Å². The predicted octanol–water partition coefficient (Wildman–Crippen LogP) is 5.69. The highest BCUT2D eigenvalue weighted by Crippen LogP contribution is 2.28. The molecule has 4 aromatic carbocycles. The summed E-state index contributed by atoms with van der Waals surface area (Å²) >= 11 is 9.73. The number of methoxy groups -OCH3 is 1. The van der Waals surface area contributed by atoms with E-state index in [0.29, 0.717) is 10.8 Å². The number of ether oxygens (including phenoxy) is 1. The fraction of sp³-hybridized carbons (Fsp3) is 0.188. The summed E-state index contributed by atoms with van der Waals surface area (Å²) in [5.41, 5.74) is 1.82. The van der Waals surface area contributed by atoms with Crippen LogP contribution in [-0.4, -0.2) is 51.9 Å². The van der Waals surface area contributed by atoms with Gasteiger partial charge in [0, 0.05) is 29.5 Å². The number of anilines is 1. The number of sulfonamides is 1. The molecule has 0 unspecified atom stereocenters. The van der Waals surface area contributed by atoms with Gasteiger partial charge in [-0.3, -0.25) is 13.9 Å². The molecule has 8 nitrogen and oxygen atoms in total. The van der Waals surface area contributed by atoms with E-state index in [4.69, 9.17) is 16.3 Å². The fourth-order valence-electron chi connectivity index (χ4n) is 4.59. The van der Waals surface area contributed by atoms with Crippen LogP contribution >= 0.6 is 27.5 Å². The molecule has 2 amide bonds. The molecule has 0 radical (unpaired) electrons. The average Bonchev–Trinajstić information content (AvgIpc) is 3.01. The number of nitrogens with zero attached hydrogens (tertiary/aromatic N) is 2. The smallest absolute Gasteiger partial charge is 0.264 e. The lowest BCUT2D eigenvalue weighted by molar-refractivity contribution is -0.139. The van der Waals surface area contributed by atoms with Gasteiger partial charge < -0.3 is 15.0 Å². The Morgan fingerprint density at radius 3 is 2.21 bits per heavy atom. The number of likely N-dealkylation sites (N-methyl/N-ethyl adjacent to an activating group) is 1. The van der Waals surface area contributed by atoms with Gasteiger partial charge >= 0.3 is 0 Å². The molecule has 4 rings (SSSR count). The van der Waals surface area contributed by atoms with Crippen LogP contribution in [0, 0.1) is 0 Å². The maximum atomic E-state index is 14.3. The first kappa shape index (κ1) is 32.1. The molecular formula is C32H31BrClN3O5S. The van der Waals surface area contributed by atoms with E-state index >= 15 is 0 Å². The molecule has 224 valence electrons. The van der Waals surface area contributed by atoms with Crippen LogP contribution in [0.3, 0.4) is 0 Å². The van der Waals surface area contributed by atoms with Crippen LogP contribution in [0.2, 0.25) is 5.02 Å². The van der Waals surface area contributed by atoms with Crippen LogP contribution in [0.5, 0.6) is 5.75 Å². The summed E-state index contributed by atoms with van der Waals surface area (Å²) < 4.78 is 35.1. The molecule has 11 heteroatoms. The Balaban J connectivity index is 1.79. The summed E-state index contributed by atoms with van der Waals surface area (Å²) in [4.78, 5) is 29.0. The Labute approximate surface area is 265 Å². The van der Waals surface area contributed by atoms with Crippen molar-refractivity contribution in [1.82, 2.24) is 10.2 Å². The first-order chi connectivity index (χ1) is 20.6. The van der Waals surface area contributed by atoms with E-state index in [-0.39, 0.29) is 29.5 Å². The van der Waals surface area contributed by atoms with Crippen molar-refractivity contribution < 1.29 is 22.7 Å². The molecule has 0 heterocycles. The predicted molar refractivity (Wildman–Crippen MR) is 172 cm³/mol. The number of hydrogen-bond acceptors (Lipinski definition) is 5. The maximum absolute atomic E-state index is 14.3. The molecule has 1 N–H and O–H groups in total.